The number of hydrogen-bond donors (Lipinski definition) is 1. The topological polar surface area (TPSA) is 29.5 Å². The third kappa shape index (κ3) is 2.20. The normalized spacial score (nSPS) is 9.92. The molecule has 0 heterocycles. The lowest BCUT2D eigenvalue weighted by atomic mass is 10.2. The molecule has 1 aromatic carbocycles. The number of rotatable bonds is 3. The molecule has 0 saturated heterocycles. The molecule has 1 rings (SSSR count). The summed E-state index contributed by atoms with van der Waals surface area (Å²) in [5.74, 6) is 0.161. The van der Waals surface area contributed by atoms with Crippen molar-refractivity contribution in [1.82, 2.24) is 0 Å². The van der Waals surface area contributed by atoms with Crippen LogP contribution in [0.4, 0.5) is 4.39 Å². The van der Waals surface area contributed by atoms with Crippen LogP contribution in [0.25, 0.3) is 0 Å². The standard InChI is InChI=1S/C9H10FO2/c1-7-6-8(10)2-3-9(7)12-5-4-11/h3,6,11H,4-5H2,1H3. The minimum Gasteiger partial charge on any atom is -0.491 e. The summed E-state index contributed by atoms with van der Waals surface area (Å²) in [6.45, 7) is 1.92. The van der Waals surface area contributed by atoms with Crippen LogP contribution in [-0.4, -0.2) is 18.3 Å². The number of aliphatic hydroxyl groups is 1. The van der Waals surface area contributed by atoms with Crippen molar-refractivity contribution in [3.05, 3.63) is 29.6 Å². The van der Waals surface area contributed by atoms with E-state index in [1.54, 1.807) is 6.92 Å². The SMILES string of the molecule is Cc1cc(F)[c]cc1OCCO. The molecule has 2 nitrogen and oxygen atoms in total. The predicted molar refractivity (Wildman–Crippen MR) is 42.6 cm³/mol. The van der Waals surface area contributed by atoms with Crippen molar-refractivity contribution in [2.45, 2.75) is 6.92 Å². The zero-order valence-corrected chi connectivity index (χ0v) is 6.80. The van der Waals surface area contributed by atoms with Crippen molar-refractivity contribution in [3.8, 4) is 5.75 Å². The molecule has 0 atom stereocenters. The van der Waals surface area contributed by atoms with Gasteiger partial charge in [0.2, 0.25) is 0 Å². The summed E-state index contributed by atoms with van der Waals surface area (Å²) in [5, 5.41) is 8.46. The van der Waals surface area contributed by atoms with E-state index in [1.807, 2.05) is 0 Å². The van der Waals surface area contributed by atoms with E-state index in [0.29, 0.717) is 11.3 Å². The third-order valence-electron chi connectivity index (χ3n) is 1.42. The lowest BCUT2D eigenvalue weighted by Gasteiger charge is -2.06. The van der Waals surface area contributed by atoms with Crippen LogP contribution >= 0.6 is 0 Å². The van der Waals surface area contributed by atoms with E-state index in [2.05, 4.69) is 6.07 Å². The molecule has 0 aromatic heterocycles. The fourth-order valence-corrected chi connectivity index (χ4v) is 0.862. The first-order valence-electron chi connectivity index (χ1n) is 3.65. The van der Waals surface area contributed by atoms with Gasteiger partial charge in [-0.15, -0.1) is 0 Å². The van der Waals surface area contributed by atoms with Crippen LogP contribution in [0.15, 0.2) is 12.1 Å². The van der Waals surface area contributed by atoms with Gasteiger partial charge in [0.25, 0.3) is 0 Å². The van der Waals surface area contributed by atoms with Crippen molar-refractivity contribution in [2.75, 3.05) is 13.2 Å². The van der Waals surface area contributed by atoms with Crippen molar-refractivity contribution >= 4 is 0 Å². The average Bonchev–Trinajstić information content (AvgIpc) is 2.03. The van der Waals surface area contributed by atoms with Crippen LogP contribution in [0.3, 0.4) is 0 Å². The van der Waals surface area contributed by atoms with E-state index in [0.717, 1.165) is 0 Å². The van der Waals surface area contributed by atoms with Gasteiger partial charge in [0.05, 0.1) is 6.61 Å². The van der Waals surface area contributed by atoms with E-state index >= 15 is 0 Å². The summed E-state index contributed by atoms with van der Waals surface area (Å²) in [7, 11) is 0. The Balaban J connectivity index is 2.72. The first-order chi connectivity index (χ1) is 5.74. The molecule has 0 spiro atoms. The van der Waals surface area contributed by atoms with Gasteiger partial charge in [-0.05, 0) is 24.6 Å². The molecular weight excluding hydrogens is 159 g/mol. The molecule has 0 aliphatic heterocycles. The monoisotopic (exact) mass is 169 g/mol. The first kappa shape index (κ1) is 9.00. The Morgan fingerprint density at radius 1 is 1.67 bits per heavy atom. The Morgan fingerprint density at radius 2 is 2.42 bits per heavy atom. The van der Waals surface area contributed by atoms with Crippen LogP contribution in [0.5, 0.6) is 5.75 Å². The second kappa shape index (κ2) is 4.07. The van der Waals surface area contributed by atoms with E-state index in [-0.39, 0.29) is 13.2 Å². The van der Waals surface area contributed by atoms with Gasteiger partial charge in [-0.25, -0.2) is 4.39 Å². The van der Waals surface area contributed by atoms with Gasteiger partial charge in [0, 0.05) is 6.07 Å². The van der Waals surface area contributed by atoms with Gasteiger partial charge in [-0.3, -0.25) is 0 Å². The highest BCUT2D eigenvalue weighted by atomic mass is 19.1. The second-order valence-electron chi connectivity index (χ2n) is 2.40. The van der Waals surface area contributed by atoms with E-state index in [9.17, 15) is 4.39 Å². The molecule has 1 radical (unpaired) electrons. The minimum absolute atomic E-state index is 0.0448. The number of ether oxygens (including phenoxy) is 1. The summed E-state index contributed by atoms with van der Waals surface area (Å²) >= 11 is 0. The molecule has 0 amide bonds. The number of benzene rings is 1. The minimum atomic E-state index is -0.399. The van der Waals surface area contributed by atoms with Gasteiger partial charge in [0.15, 0.2) is 0 Å². The summed E-state index contributed by atoms with van der Waals surface area (Å²) in [6, 6.07) is 5.15. The molecule has 0 aliphatic rings. The fraction of sp³-hybridized carbons (Fsp3) is 0.333. The summed E-state index contributed by atoms with van der Waals surface area (Å²) in [5.41, 5.74) is 0.708. The van der Waals surface area contributed by atoms with E-state index in [1.165, 1.54) is 12.1 Å². The summed E-state index contributed by atoms with van der Waals surface area (Å²) < 4.78 is 17.6. The highest BCUT2D eigenvalue weighted by molar-refractivity contribution is 5.31. The predicted octanol–water partition coefficient (Wildman–Crippen LogP) is 1.31. The smallest absolute Gasteiger partial charge is 0.131 e. The first-order valence-corrected chi connectivity index (χ1v) is 3.65. The van der Waals surface area contributed by atoms with Crippen molar-refractivity contribution in [3.63, 3.8) is 0 Å². The number of halogens is 1. The number of aryl methyl sites for hydroxylation is 1. The molecule has 0 fully saturated rings. The molecule has 1 N–H and O–H groups in total. The van der Waals surface area contributed by atoms with Crippen LogP contribution in [0, 0.1) is 18.8 Å². The Morgan fingerprint density at radius 3 is 3.00 bits per heavy atom. The van der Waals surface area contributed by atoms with Crippen molar-refractivity contribution in [1.29, 1.82) is 0 Å². The maximum absolute atomic E-state index is 12.5. The third-order valence-corrected chi connectivity index (χ3v) is 1.42. The van der Waals surface area contributed by atoms with Crippen molar-refractivity contribution < 1.29 is 14.2 Å². The quantitative estimate of drug-likeness (QED) is 0.739. The van der Waals surface area contributed by atoms with Gasteiger partial charge in [-0.1, -0.05) is 0 Å². The van der Waals surface area contributed by atoms with Gasteiger partial charge >= 0.3 is 0 Å². The zero-order valence-electron chi connectivity index (χ0n) is 6.80. The molecule has 3 heteroatoms. The largest absolute Gasteiger partial charge is 0.491 e. The fourth-order valence-electron chi connectivity index (χ4n) is 0.862. The van der Waals surface area contributed by atoms with Crippen LogP contribution < -0.4 is 4.74 Å². The molecule has 0 aliphatic carbocycles. The molecular formula is C9H10FO2. The highest BCUT2D eigenvalue weighted by Crippen LogP contribution is 2.17. The Labute approximate surface area is 70.6 Å². The summed E-state index contributed by atoms with van der Waals surface area (Å²) in [4.78, 5) is 0. The van der Waals surface area contributed by atoms with Gasteiger partial charge < -0.3 is 9.84 Å². The van der Waals surface area contributed by atoms with Crippen LogP contribution in [-0.2, 0) is 0 Å². The Bertz CT molecular complexity index is 261. The lowest BCUT2D eigenvalue weighted by molar-refractivity contribution is 0.200. The number of hydrogen-bond acceptors (Lipinski definition) is 2. The zero-order chi connectivity index (χ0) is 8.97. The van der Waals surface area contributed by atoms with E-state index < -0.39 is 5.82 Å². The van der Waals surface area contributed by atoms with Crippen LogP contribution in [0.2, 0.25) is 0 Å². The van der Waals surface area contributed by atoms with Gasteiger partial charge in [0.1, 0.15) is 18.2 Å². The molecule has 65 valence electrons. The summed E-state index contributed by atoms with van der Waals surface area (Å²) in [6.07, 6.45) is 0. The second-order valence-corrected chi connectivity index (χ2v) is 2.40. The maximum atomic E-state index is 12.5. The molecule has 1 aromatic rings. The van der Waals surface area contributed by atoms with Gasteiger partial charge in [-0.2, -0.15) is 0 Å². The Hall–Kier alpha value is -1.09. The molecule has 0 saturated carbocycles. The number of aliphatic hydroxyl groups excluding tert-OH is 1. The highest BCUT2D eigenvalue weighted by Gasteiger charge is 1.99. The van der Waals surface area contributed by atoms with Crippen LogP contribution in [0.1, 0.15) is 5.56 Å². The molecule has 12 heavy (non-hydrogen) atoms. The molecule has 0 bridgehead atoms. The maximum Gasteiger partial charge on any atom is 0.131 e. The lowest BCUT2D eigenvalue weighted by Crippen LogP contribution is -2.02. The van der Waals surface area contributed by atoms with Crippen molar-refractivity contribution in [2.24, 2.45) is 0 Å². The average molecular weight is 169 g/mol. The molecule has 0 unspecified atom stereocenters. The van der Waals surface area contributed by atoms with E-state index in [4.69, 9.17) is 9.84 Å². The Kier molecular flexibility index (Phi) is 3.05.